The lowest BCUT2D eigenvalue weighted by Crippen LogP contribution is -2.65. The van der Waals surface area contributed by atoms with Crippen molar-refractivity contribution in [2.45, 2.75) is 89.1 Å². The van der Waals surface area contributed by atoms with Crippen LogP contribution in [0.15, 0.2) is 60.1 Å². The molecule has 3 aromatic carbocycles. The molecular weight excluding hydrogens is 1010 g/mol. The molecule has 4 aromatic rings. The zero-order valence-corrected chi connectivity index (χ0v) is 40.2. The number of aliphatic hydroxyl groups excluding tert-OH is 1. The summed E-state index contributed by atoms with van der Waals surface area (Å²) in [6.45, 7) is 7.33. The number of β-amino-alcohol motifs (C(OH)–C–C–N with tert-alkyl or cyclic N) is 1. The van der Waals surface area contributed by atoms with Crippen molar-refractivity contribution in [3.63, 3.8) is 0 Å². The van der Waals surface area contributed by atoms with Crippen LogP contribution < -0.4 is 32.5 Å². The van der Waals surface area contributed by atoms with Crippen molar-refractivity contribution in [3.05, 3.63) is 98.0 Å². The molecule has 6 rings (SSSR count). The minimum atomic E-state index is -2.10. The zero-order chi connectivity index (χ0) is 48.8. The van der Waals surface area contributed by atoms with Crippen molar-refractivity contribution in [2.24, 2.45) is 11.1 Å². The molecule has 2 heterocycles. The van der Waals surface area contributed by atoms with Crippen LogP contribution >= 0.6 is 33.9 Å². The number of carbonyl (C=O) groups is 5. The van der Waals surface area contributed by atoms with Crippen molar-refractivity contribution in [3.8, 4) is 10.4 Å². The maximum Gasteiger partial charge on any atom is 0.277 e. The van der Waals surface area contributed by atoms with Gasteiger partial charge in [-0.05, 0) is 102 Å². The number of aromatic nitrogens is 1. The number of carbonyl (C=O) groups excluding carboxylic acids is 5. The summed E-state index contributed by atoms with van der Waals surface area (Å²) < 4.78 is 58.9. The van der Waals surface area contributed by atoms with Crippen molar-refractivity contribution >= 4 is 74.8 Å². The summed E-state index contributed by atoms with van der Waals surface area (Å²) in [5.74, 6) is -8.52. The van der Waals surface area contributed by atoms with Crippen molar-refractivity contribution in [2.75, 3.05) is 38.1 Å². The summed E-state index contributed by atoms with van der Waals surface area (Å²) in [5, 5.41) is 22.2. The fourth-order valence-corrected chi connectivity index (χ4v) is 9.31. The smallest absolute Gasteiger partial charge is 0.277 e. The monoisotopic (exact) mass is 1060 g/mol. The molecule has 2 aliphatic rings. The number of nitrogens with one attached hydrogen (secondary N) is 5. The molecule has 0 radical (unpaired) electrons. The van der Waals surface area contributed by atoms with Gasteiger partial charge in [0.2, 0.25) is 17.7 Å². The highest BCUT2D eigenvalue weighted by Gasteiger charge is 2.60. The van der Waals surface area contributed by atoms with Gasteiger partial charge < -0.3 is 37.0 Å². The van der Waals surface area contributed by atoms with Gasteiger partial charge in [-0.3, -0.25) is 28.8 Å². The minimum absolute atomic E-state index is 0.00298. The highest BCUT2D eigenvalue weighted by atomic mass is 127. The Hall–Kier alpha value is -5.23. The van der Waals surface area contributed by atoms with Crippen molar-refractivity contribution < 1.29 is 51.5 Å². The number of likely N-dealkylation sites (tertiary alicyclic amines) is 1. The Balaban J connectivity index is 1.08. The molecule has 1 aliphatic heterocycles. The van der Waals surface area contributed by atoms with Gasteiger partial charge in [0.15, 0.2) is 17.3 Å². The second-order valence-corrected chi connectivity index (χ2v) is 19.8. The summed E-state index contributed by atoms with van der Waals surface area (Å²) in [7, 11) is 0. The Morgan fingerprint density at radius 1 is 1.01 bits per heavy atom. The number of hydrogen-bond donors (Lipinski definition) is 7. The molecule has 0 bridgehead atoms. The third-order valence-electron chi connectivity index (χ3n) is 11.8. The van der Waals surface area contributed by atoms with Crippen LogP contribution in [-0.2, 0) is 24.0 Å². The molecule has 2 fully saturated rings. The van der Waals surface area contributed by atoms with Crippen LogP contribution in [0, 0.1) is 33.4 Å². The molecule has 1 aromatic heterocycles. The molecule has 5 amide bonds. The summed E-state index contributed by atoms with van der Waals surface area (Å²) in [6.07, 6.45) is -1.50. The topological polar surface area (TPSA) is 217 Å². The van der Waals surface area contributed by atoms with E-state index >= 15 is 0 Å². The van der Waals surface area contributed by atoms with E-state index in [9.17, 15) is 46.6 Å². The van der Waals surface area contributed by atoms with Gasteiger partial charge >= 0.3 is 0 Å². The number of hydrogen-bond acceptors (Lipinski definition) is 11. The van der Waals surface area contributed by atoms with E-state index in [-0.39, 0.29) is 63.2 Å². The largest absolute Gasteiger partial charge is 0.391 e. The Bertz CT molecular complexity index is 2490. The fraction of sp³-hybridized carbons (Fsp3) is 0.435. The van der Waals surface area contributed by atoms with Gasteiger partial charge in [0, 0.05) is 42.0 Å². The number of hydroxylamine groups is 1. The molecule has 360 valence electrons. The molecule has 4 atom stereocenters. The zero-order valence-electron chi connectivity index (χ0n) is 37.2. The average molecular weight is 1060 g/mol. The first-order valence-electron chi connectivity index (χ1n) is 21.6. The number of nitrogens with two attached hydrogens (primary N) is 1. The first kappa shape index (κ1) is 51.2. The highest BCUT2D eigenvalue weighted by Crippen LogP contribution is 2.46. The second-order valence-electron chi connectivity index (χ2n) is 17.7. The van der Waals surface area contributed by atoms with E-state index in [1.165, 1.54) is 23.5 Å². The predicted molar refractivity (Wildman–Crippen MR) is 251 cm³/mol. The third-order valence-corrected chi connectivity index (χ3v) is 13.5. The van der Waals surface area contributed by atoms with Crippen molar-refractivity contribution in [1.29, 1.82) is 0 Å². The molecule has 15 nitrogen and oxygen atoms in total. The summed E-state index contributed by atoms with van der Waals surface area (Å²) in [4.78, 5) is 79.9. The maximum atomic E-state index is 14.9. The van der Waals surface area contributed by atoms with Crippen LogP contribution in [0.3, 0.4) is 0 Å². The minimum Gasteiger partial charge on any atom is -0.391 e. The molecule has 21 heteroatoms. The van der Waals surface area contributed by atoms with Gasteiger partial charge in [0.25, 0.3) is 11.8 Å². The van der Waals surface area contributed by atoms with E-state index in [0.29, 0.717) is 22.1 Å². The number of amides is 5. The van der Waals surface area contributed by atoms with Crippen LogP contribution in [0.1, 0.15) is 80.4 Å². The number of aliphatic hydroxyl groups is 1. The van der Waals surface area contributed by atoms with Gasteiger partial charge in [0.1, 0.15) is 17.4 Å². The first-order chi connectivity index (χ1) is 31.7. The maximum absolute atomic E-state index is 14.9. The van der Waals surface area contributed by atoms with Crippen LogP contribution in [-0.4, -0.2) is 101 Å². The molecule has 1 saturated carbocycles. The molecule has 67 heavy (non-hydrogen) atoms. The Morgan fingerprint density at radius 2 is 1.73 bits per heavy atom. The van der Waals surface area contributed by atoms with Gasteiger partial charge in [0.05, 0.1) is 45.7 Å². The lowest BCUT2D eigenvalue weighted by Gasteiger charge is -2.44. The fourth-order valence-electron chi connectivity index (χ4n) is 8.04. The van der Waals surface area contributed by atoms with Crippen LogP contribution in [0.25, 0.3) is 10.4 Å². The molecule has 3 unspecified atom stereocenters. The normalized spacial score (nSPS) is 18.5. The number of aryl methyl sites for hydroxylation is 1. The number of alkyl halides is 1. The quantitative estimate of drug-likeness (QED) is 0.0249. The Labute approximate surface area is 402 Å². The van der Waals surface area contributed by atoms with Crippen LogP contribution in [0.4, 0.5) is 28.9 Å². The molecule has 8 N–H and O–H groups in total. The number of rotatable bonds is 20. The number of anilines is 2. The van der Waals surface area contributed by atoms with E-state index in [1.54, 1.807) is 44.5 Å². The van der Waals surface area contributed by atoms with Gasteiger partial charge in [-0.2, -0.15) is 0 Å². The summed E-state index contributed by atoms with van der Waals surface area (Å²) in [5.41, 5.74) is 6.14. The average Bonchev–Trinajstić information content (AvgIpc) is 3.71. The standard InChI is InChI=1S/C46H53F4IN8O7S/c1-25-38(67-24-55-25)27-8-6-26(7-9-27)31(46(42(52)64)22-29(60)23-59(46)41(63)39(44(2,3)4)57-43(65)45(50)14-15-45)21-35(61)54-18-17-53-16-5-19-66-58-40(62)30-11-12-32(47)36(49)37(30)56-34-13-10-28(51)20-33(34)48/h6-13,20,24,29,31,39,53,56,60H,5,14-19,21-23H2,1-4H3,(H2,52,64)(H,54,61)(H,57,65)(H,58,62)/t29?,31-,39?,46?/m0/s1. The van der Waals surface area contributed by atoms with E-state index in [0.717, 1.165) is 33.2 Å². The predicted octanol–water partition coefficient (Wildman–Crippen LogP) is 5.67. The van der Waals surface area contributed by atoms with Crippen LogP contribution in [0.5, 0.6) is 0 Å². The SMILES string of the molecule is Cc1ncsc1-c1ccc([C@H](CC(=O)NCCNCCCONC(=O)c2ccc(F)c(F)c2Nc2ccc(I)cc2F)C2(C(N)=O)CC(O)CN2C(=O)C(NC(=O)C2(F)CC2)C(C)(C)C)cc1. The summed E-state index contributed by atoms with van der Waals surface area (Å²) >= 11 is 3.33. The molecule has 1 aliphatic carbocycles. The molecular formula is C46H53F4IN8O7S. The number of nitrogens with zero attached hydrogens (tertiary/aromatic N) is 2. The van der Waals surface area contributed by atoms with Gasteiger partial charge in [-0.15, -0.1) is 11.3 Å². The molecule has 0 spiro atoms. The lowest BCUT2D eigenvalue weighted by atomic mass is 9.73. The second kappa shape index (κ2) is 21.4. The van der Waals surface area contributed by atoms with E-state index < -0.39 is 87.4 Å². The van der Waals surface area contributed by atoms with E-state index in [1.807, 2.05) is 41.6 Å². The molecule has 1 saturated heterocycles. The first-order valence-corrected chi connectivity index (χ1v) is 23.5. The summed E-state index contributed by atoms with van der Waals surface area (Å²) in [6, 6.07) is 11.6. The van der Waals surface area contributed by atoms with Gasteiger partial charge in [-0.25, -0.2) is 28.0 Å². The number of thiazole rings is 1. The van der Waals surface area contributed by atoms with Crippen LogP contribution in [0.2, 0.25) is 0 Å². The van der Waals surface area contributed by atoms with Gasteiger partial charge in [-0.1, -0.05) is 45.0 Å². The Morgan fingerprint density at radius 3 is 2.36 bits per heavy atom. The lowest BCUT2D eigenvalue weighted by molar-refractivity contribution is -0.151. The van der Waals surface area contributed by atoms with E-state index in [2.05, 4.69) is 31.7 Å². The number of primary amides is 1. The van der Waals surface area contributed by atoms with Crippen molar-refractivity contribution in [1.82, 2.24) is 31.3 Å². The number of benzene rings is 3. The Kier molecular flexibility index (Phi) is 16.3. The third kappa shape index (κ3) is 11.9. The number of halogens is 5. The highest BCUT2D eigenvalue weighted by molar-refractivity contribution is 14.1. The van der Waals surface area contributed by atoms with E-state index in [4.69, 9.17) is 10.6 Å².